The topological polar surface area (TPSA) is 83.4 Å². The smallest absolute Gasteiger partial charge is 0.286 e. The van der Waals surface area contributed by atoms with Crippen LogP contribution >= 0.6 is 0 Å². The Bertz CT molecular complexity index is 465. The van der Waals surface area contributed by atoms with E-state index < -0.39 is 0 Å². The van der Waals surface area contributed by atoms with Crippen molar-refractivity contribution in [2.24, 2.45) is 5.41 Å². The molecule has 0 aromatic carbocycles. The molecule has 3 N–H and O–H groups in total. The molecule has 6 nitrogen and oxygen atoms in total. The maximum atomic E-state index is 11.8. The van der Waals surface area contributed by atoms with Gasteiger partial charge in [0.1, 0.15) is 0 Å². The van der Waals surface area contributed by atoms with Crippen LogP contribution in [-0.4, -0.2) is 38.0 Å². The van der Waals surface area contributed by atoms with Crippen molar-refractivity contribution in [3.05, 3.63) is 24.2 Å². The Morgan fingerprint density at radius 2 is 2.10 bits per heavy atom. The van der Waals surface area contributed by atoms with E-state index in [-0.39, 0.29) is 29.4 Å². The second-order valence-electron chi connectivity index (χ2n) is 5.82. The van der Waals surface area contributed by atoms with Gasteiger partial charge in [0.25, 0.3) is 5.91 Å². The molecule has 1 aromatic rings. The quantitative estimate of drug-likeness (QED) is 0.728. The zero-order valence-corrected chi connectivity index (χ0v) is 12.4. The molecule has 0 bridgehead atoms. The molecule has 1 aromatic heterocycles. The van der Waals surface area contributed by atoms with Gasteiger partial charge in [0, 0.05) is 19.5 Å². The van der Waals surface area contributed by atoms with E-state index in [0.29, 0.717) is 13.1 Å². The molecular weight excluding hydrogens is 270 g/mol. The van der Waals surface area contributed by atoms with Crippen LogP contribution in [0.15, 0.2) is 22.8 Å². The first-order chi connectivity index (χ1) is 10.1. The van der Waals surface area contributed by atoms with Crippen molar-refractivity contribution in [3.8, 4) is 0 Å². The first kappa shape index (κ1) is 15.6. The summed E-state index contributed by atoms with van der Waals surface area (Å²) < 4.78 is 4.97. The number of piperidine rings is 1. The zero-order valence-electron chi connectivity index (χ0n) is 12.4. The van der Waals surface area contributed by atoms with E-state index >= 15 is 0 Å². The Kier molecular flexibility index (Phi) is 5.38. The summed E-state index contributed by atoms with van der Waals surface area (Å²) in [5.74, 6) is -0.0646. The lowest BCUT2D eigenvalue weighted by atomic mass is 9.81. The third kappa shape index (κ3) is 4.90. The average Bonchev–Trinajstić information content (AvgIpc) is 3.00. The van der Waals surface area contributed by atoms with Crippen LogP contribution in [0.3, 0.4) is 0 Å². The summed E-state index contributed by atoms with van der Waals surface area (Å²) in [5, 5.41) is 8.94. The zero-order chi connectivity index (χ0) is 15.1. The summed E-state index contributed by atoms with van der Waals surface area (Å²) >= 11 is 0. The molecule has 0 saturated carbocycles. The highest BCUT2D eigenvalue weighted by Gasteiger charge is 2.26. The second kappa shape index (κ2) is 7.26. The molecule has 2 rings (SSSR count). The van der Waals surface area contributed by atoms with Crippen molar-refractivity contribution in [1.82, 2.24) is 16.0 Å². The van der Waals surface area contributed by atoms with Crippen LogP contribution < -0.4 is 16.0 Å². The molecule has 0 atom stereocenters. The van der Waals surface area contributed by atoms with Gasteiger partial charge in [-0.2, -0.15) is 0 Å². The van der Waals surface area contributed by atoms with Gasteiger partial charge in [-0.25, -0.2) is 0 Å². The van der Waals surface area contributed by atoms with Gasteiger partial charge < -0.3 is 20.4 Å². The van der Waals surface area contributed by atoms with Crippen molar-refractivity contribution in [1.29, 1.82) is 0 Å². The van der Waals surface area contributed by atoms with Crippen molar-refractivity contribution >= 4 is 11.8 Å². The fourth-order valence-electron chi connectivity index (χ4n) is 2.39. The van der Waals surface area contributed by atoms with E-state index in [2.05, 4.69) is 22.9 Å². The van der Waals surface area contributed by atoms with E-state index in [9.17, 15) is 9.59 Å². The second-order valence-corrected chi connectivity index (χ2v) is 5.82. The van der Waals surface area contributed by atoms with Gasteiger partial charge in [0.05, 0.1) is 6.26 Å². The van der Waals surface area contributed by atoms with Crippen molar-refractivity contribution in [2.75, 3.05) is 26.2 Å². The number of hydrogen-bond acceptors (Lipinski definition) is 4. The average molecular weight is 293 g/mol. The summed E-state index contributed by atoms with van der Waals surface area (Å²) in [4.78, 5) is 23.4. The van der Waals surface area contributed by atoms with Gasteiger partial charge >= 0.3 is 0 Å². The molecule has 6 heteroatoms. The lowest BCUT2D eigenvalue weighted by Gasteiger charge is -2.34. The number of rotatable bonds is 6. The van der Waals surface area contributed by atoms with Crippen molar-refractivity contribution in [3.63, 3.8) is 0 Å². The van der Waals surface area contributed by atoms with Gasteiger partial charge in [-0.1, -0.05) is 6.92 Å². The standard InChI is InChI=1S/C15H23N3O3/c1-15(5-8-16-9-6-15)11-18-13(19)4-7-17-14(20)12-3-2-10-21-12/h2-3,10,16H,4-9,11H2,1H3,(H,17,20)(H,18,19). The number of nitrogens with one attached hydrogen (secondary N) is 3. The van der Waals surface area contributed by atoms with Crippen LogP contribution in [0.25, 0.3) is 0 Å². The van der Waals surface area contributed by atoms with Crippen LogP contribution in [-0.2, 0) is 4.79 Å². The highest BCUT2D eigenvalue weighted by atomic mass is 16.3. The number of furan rings is 1. The first-order valence-corrected chi connectivity index (χ1v) is 7.38. The molecule has 1 aliphatic rings. The minimum Gasteiger partial charge on any atom is -0.459 e. The van der Waals surface area contributed by atoms with E-state index in [1.165, 1.54) is 6.26 Å². The molecule has 2 heterocycles. The Hall–Kier alpha value is -1.82. The number of hydrogen-bond donors (Lipinski definition) is 3. The summed E-state index contributed by atoms with van der Waals surface area (Å²) in [6.45, 7) is 5.22. The first-order valence-electron chi connectivity index (χ1n) is 7.38. The molecule has 1 fully saturated rings. The van der Waals surface area contributed by atoms with E-state index in [4.69, 9.17) is 4.42 Å². The third-order valence-electron chi connectivity index (χ3n) is 3.91. The van der Waals surface area contributed by atoms with Crippen LogP contribution in [0, 0.1) is 5.41 Å². The van der Waals surface area contributed by atoms with Gasteiger partial charge in [-0.15, -0.1) is 0 Å². The highest BCUT2D eigenvalue weighted by molar-refractivity contribution is 5.91. The molecule has 0 spiro atoms. The van der Waals surface area contributed by atoms with Crippen LogP contribution in [0.5, 0.6) is 0 Å². The fourth-order valence-corrected chi connectivity index (χ4v) is 2.39. The molecule has 1 aliphatic heterocycles. The Morgan fingerprint density at radius 3 is 2.76 bits per heavy atom. The molecule has 116 valence electrons. The molecule has 0 aliphatic carbocycles. The van der Waals surface area contributed by atoms with E-state index in [1.807, 2.05) is 0 Å². The van der Waals surface area contributed by atoms with Gasteiger partial charge in [-0.05, 0) is 43.5 Å². The molecular formula is C15H23N3O3. The largest absolute Gasteiger partial charge is 0.459 e. The monoisotopic (exact) mass is 293 g/mol. The molecule has 1 saturated heterocycles. The summed E-state index contributed by atoms with van der Waals surface area (Å²) in [6.07, 6.45) is 3.87. The summed E-state index contributed by atoms with van der Waals surface area (Å²) in [7, 11) is 0. The maximum Gasteiger partial charge on any atom is 0.286 e. The third-order valence-corrected chi connectivity index (χ3v) is 3.91. The van der Waals surface area contributed by atoms with Gasteiger partial charge in [0.2, 0.25) is 5.91 Å². The number of carbonyl (C=O) groups excluding carboxylic acids is 2. The fraction of sp³-hybridized carbons (Fsp3) is 0.600. The van der Waals surface area contributed by atoms with E-state index in [0.717, 1.165) is 25.9 Å². The predicted molar refractivity (Wildman–Crippen MR) is 78.9 cm³/mol. The molecule has 0 unspecified atom stereocenters. The number of carbonyl (C=O) groups is 2. The Balaban J connectivity index is 1.62. The Labute approximate surface area is 124 Å². The number of amides is 2. The minimum absolute atomic E-state index is 0.0329. The van der Waals surface area contributed by atoms with Crippen LogP contribution in [0.2, 0.25) is 0 Å². The van der Waals surface area contributed by atoms with Crippen molar-refractivity contribution < 1.29 is 14.0 Å². The predicted octanol–water partition coefficient (Wildman–Crippen LogP) is 0.905. The summed E-state index contributed by atoms with van der Waals surface area (Å²) in [6, 6.07) is 3.24. The van der Waals surface area contributed by atoms with Crippen molar-refractivity contribution in [2.45, 2.75) is 26.2 Å². The molecule has 0 radical (unpaired) electrons. The summed E-state index contributed by atoms with van der Waals surface area (Å²) in [5.41, 5.74) is 0.179. The minimum atomic E-state index is -0.293. The highest BCUT2D eigenvalue weighted by Crippen LogP contribution is 2.26. The SMILES string of the molecule is CC1(CNC(=O)CCNC(=O)c2ccco2)CCNCC1. The lowest BCUT2D eigenvalue weighted by molar-refractivity contribution is -0.121. The van der Waals surface area contributed by atoms with Gasteiger partial charge in [-0.3, -0.25) is 9.59 Å². The van der Waals surface area contributed by atoms with Crippen LogP contribution in [0.1, 0.15) is 36.7 Å². The lowest BCUT2D eigenvalue weighted by Crippen LogP contribution is -2.43. The Morgan fingerprint density at radius 1 is 1.33 bits per heavy atom. The normalized spacial score (nSPS) is 17.2. The van der Waals surface area contributed by atoms with E-state index in [1.54, 1.807) is 12.1 Å². The molecule has 21 heavy (non-hydrogen) atoms. The van der Waals surface area contributed by atoms with Crippen LogP contribution in [0.4, 0.5) is 0 Å². The molecule has 2 amide bonds. The van der Waals surface area contributed by atoms with Gasteiger partial charge in [0.15, 0.2) is 5.76 Å². The maximum absolute atomic E-state index is 11.8.